The quantitative estimate of drug-likeness (QED) is 0.541. The van der Waals surface area contributed by atoms with E-state index in [0.29, 0.717) is 31.0 Å². The number of nitrogens with zero attached hydrogens (tertiary/aromatic N) is 5. The second kappa shape index (κ2) is 6.12. The van der Waals surface area contributed by atoms with E-state index in [9.17, 15) is 4.79 Å². The molecule has 2 aliphatic heterocycles. The molecule has 1 amide bonds. The number of carbonyl (C=O) groups is 1. The fourth-order valence-corrected chi connectivity index (χ4v) is 4.82. The van der Waals surface area contributed by atoms with Crippen LogP contribution in [0, 0.1) is 0 Å². The SMILES string of the molecule is O=C(c1cccc2nnnn12)N1CCC2(CC1)OCCc1c2[nH]c2ccccc12. The molecule has 1 spiro atoms. The molecule has 0 saturated carbocycles. The molecule has 1 saturated heterocycles. The molecule has 0 radical (unpaired) electrons. The molecular formula is C21H20N6O2. The predicted molar refractivity (Wildman–Crippen MR) is 106 cm³/mol. The smallest absolute Gasteiger partial charge is 0.272 e. The van der Waals surface area contributed by atoms with Gasteiger partial charge in [-0.05, 0) is 53.5 Å². The van der Waals surface area contributed by atoms with Gasteiger partial charge in [-0.25, -0.2) is 0 Å². The minimum atomic E-state index is -0.343. The summed E-state index contributed by atoms with van der Waals surface area (Å²) in [5.74, 6) is -0.0505. The van der Waals surface area contributed by atoms with E-state index in [1.165, 1.54) is 21.2 Å². The molecule has 0 unspecified atom stereocenters. The summed E-state index contributed by atoms with van der Waals surface area (Å²) in [6, 6.07) is 13.8. The van der Waals surface area contributed by atoms with Gasteiger partial charge in [0.2, 0.25) is 0 Å². The average Bonchev–Trinajstić information content (AvgIpc) is 3.39. The summed E-state index contributed by atoms with van der Waals surface area (Å²) in [5, 5.41) is 12.8. The van der Waals surface area contributed by atoms with Crippen molar-refractivity contribution in [1.29, 1.82) is 0 Å². The van der Waals surface area contributed by atoms with Crippen LogP contribution in [0.4, 0.5) is 0 Å². The van der Waals surface area contributed by atoms with Crippen molar-refractivity contribution in [2.75, 3.05) is 19.7 Å². The van der Waals surface area contributed by atoms with Crippen molar-refractivity contribution in [2.24, 2.45) is 0 Å². The molecule has 29 heavy (non-hydrogen) atoms. The number of para-hydroxylation sites is 1. The molecule has 0 bridgehead atoms. The summed E-state index contributed by atoms with van der Waals surface area (Å²) in [7, 11) is 0. The van der Waals surface area contributed by atoms with Crippen LogP contribution in [0.25, 0.3) is 16.6 Å². The van der Waals surface area contributed by atoms with Crippen LogP contribution in [0.5, 0.6) is 0 Å². The number of hydrogen-bond donors (Lipinski definition) is 1. The lowest BCUT2D eigenvalue weighted by Crippen LogP contribution is -2.48. The second-order valence-corrected chi connectivity index (χ2v) is 7.77. The fraction of sp³-hybridized carbons (Fsp3) is 0.333. The highest BCUT2D eigenvalue weighted by Gasteiger charge is 2.43. The van der Waals surface area contributed by atoms with E-state index in [1.54, 1.807) is 12.1 Å². The third kappa shape index (κ3) is 2.42. The number of carbonyl (C=O) groups excluding carboxylic acids is 1. The van der Waals surface area contributed by atoms with Gasteiger partial charge in [0.1, 0.15) is 11.3 Å². The number of aromatic amines is 1. The number of ether oxygens (including phenoxy) is 1. The molecule has 1 aromatic carbocycles. The molecule has 3 aromatic heterocycles. The van der Waals surface area contributed by atoms with Gasteiger partial charge in [0.15, 0.2) is 5.65 Å². The number of hydrogen-bond acceptors (Lipinski definition) is 5. The maximum atomic E-state index is 13.1. The summed E-state index contributed by atoms with van der Waals surface area (Å²) in [4.78, 5) is 18.6. The zero-order valence-electron chi connectivity index (χ0n) is 15.8. The van der Waals surface area contributed by atoms with Crippen LogP contribution in [0.15, 0.2) is 42.5 Å². The first-order chi connectivity index (χ1) is 14.3. The Morgan fingerprint density at radius 2 is 1.97 bits per heavy atom. The molecule has 0 atom stereocenters. The number of piperidine rings is 1. The molecule has 1 fully saturated rings. The lowest BCUT2D eigenvalue weighted by molar-refractivity contribution is -0.0958. The van der Waals surface area contributed by atoms with E-state index in [2.05, 4.69) is 44.8 Å². The summed E-state index contributed by atoms with van der Waals surface area (Å²) in [6.45, 7) is 1.98. The van der Waals surface area contributed by atoms with E-state index in [-0.39, 0.29) is 11.5 Å². The number of aromatic nitrogens is 5. The molecule has 0 aliphatic carbocycles. The highest BCUT2D eigenvalue weighted by atomic mass is 16.5. The predicted octanol–water partition coefficient (Wildman–Crippen LogP) is 2.31. The van der Waals surface area contributed by atoms with Crippen LogP contribution in [0.2, 0.25) is 0 Å². The first-order valence-corrected chi connectivity index (χ1v) is 9.96. The molecule has 2 aliphatic rings. The standard InChI is InChI=1S/C21H20N6O2/c28-20(17-6-3-7-18-23-24-25-27(17)18)26-11-9-21(10-12-26)19-15(8-13-29-21)14-4-1-2-5-16(14)22-19/h1-7,22H,8-13H2. The van der Waals surface area contributed by atoms with Crippen molar-refractivity contribution in [3.05, 3.63) is 59.4 Å². The summed E-state index contributed by atoms with van der Waals surface area (Å²) in [5.41, 5.74) is 4.43. The number of amides is 1. The fourth-order valence-electron chi connectivity index (χ4n) is 4.82. The third-order valence-corrected chi connectivity index (χ3v) is 6.30. The largest absolute Gasteiger partial charge is 0.368 e. The molecule has 146 valence electrons. The Labute approximate surface area is 166 Å². The van der Waals surface area contributed by atoms with Crippen LogP contribution in [-0.4, -0.2) is 55.5 Å². The first-order valence-electron chi connectivity index (χ1n) is 9.96. The first kappa shape index (κ1) is 16.7. The van der Waals surface area contributed by atoms with Crippen LogP contribution >= 0.6 is 0 Å². The van der Waals surface area contributed by atoms with Crippen LogP contribution in [0.3, 0.4) is 0 Å². The van der Waals surface area contributed by atoms with E-state index >= 15 is 0 Å². The van der Waals surface area contributed by atoms with Gasteiger partial charge in [0, 0.05) is 24.0 Å². The molecule has 6 rings (SSSR count). The minimum Gasteiger partial charge on any atom is -0.368 e. The Morgan fingerprint density at radius 1 is 1.10 bits per heavy atom. The van der Waals surface area contributed by atoms with Gasteiger partial charge in [-0.15, -0.1) is 5.10 Å². The van der Waals surface area contributed by atoms with E-state index in [1.807, 2.05) is 11.0 Å². The number of nitrogens with one attached hydrogen (secondary N) is 1. The van der Waals surface area contributed by atoms with Gasteiger partial charge in [0.05, 0.1) is 12.3 Å². The Balaban J connectivity index is 1.30. The maximum absolute atomic E-state index is 13.1. The van der Waals surface area contributed by atoms with Gasteiger partial charge in [0.25, 0.3) is 5.91 Å². The van der Waals surface area contributed by atoms with Crippen LogP contribution in [0.1, 0.15) is 34.6 Å². The maximum Gasteiger partial charge on any atom is 0.272 e. The van der Waals surface area contributed by atoms with Gasteiger partial charge in [-0.1, -0.05) is 24.3 Å². The summed E-state index contributed by atoms with van der Waals surface area (Å²) >= 11 is 0. The number of tetrazole rings is 1. The zero-order valence-corrected chi connectivity index (χ0v) is 15.8. The Kier molecular flexibility index (Phi) is 3.52. The lowest BCUT2D eigenvalue weighted by atomic mass is 9.83. The van der Waals surface area contributed by atoms with Gasteiger partial charge >= 0.3 is 0 Å². The number of benzene rings is 1. The Hall–Kier alpha value is -3.26. The Bertz CT molecular complexity index is 1230. The monoisotopic (exact) mass is 388 g/mol. The summed E-state index contributed by atoms with van der Waals surface area (Å²) < 4.78 is 7.85. The lowest BCUT2D eigenvalue weighted by Gasteiger charge is -2.43. The van der Waals surface area contributed by atoms with Crippen molar-refractivity contribution < 1.29 is 9.53 Å². The van der Waals surface area contributed by atoms with Crippen LogP contribution < -0.4 is 0 Å². The number of likely N-dealkylation sites (tertiary alicyclic amines) is 1. The summed E-state index contributed by atoms with van der Waals surface area (Å²) in [6.07, 6.45) is 2.46. The second-order valence-electron chi connectivity index (χ2n) is 7.77. The third-order valence-electron chi connectivity index (χ3n) is 6.30. The molecule has 8 heteroatoms. The van der Waals surface area contributed by atoms with E-state index in [4.69, 9.17) is 4.74 Å². The zero-order chi connectivity index (χ0) is 19.4. The number of rotatable bonds is 1. The van der Waals surface area contributed by atoms with Gasteiger partial charge in [-0.3, -0.25) is 4.79 Å². The highest BCUT2D eigenvalue weighted by Crippen LogP contribution is 2.43. The molecule has 5 heterocycles. The normalized spacial score (nSPS) is 18.4. The minimum absolute atomic E-state index is 0.0505. The molecule has 4 aromatic rings. The van der Waals surface area contributed by atoms with Gasteiger partial charge in [-0.2, -0.15) is 4.52 Å². The average molecular weight is 388 g/mol. The number of fused-ring (bicyclic) bond motifs is 5. The highest BCUT2D eigenvalue weighted by molar-refractivity contribution is 5.93. The van der Waals surface area contributed by atoms with E-state index < -0.39 is 0 Å². The van der Waals surface area contributed by atoms with Gasteiger partial charge < -0.3 is 14.6 Å². The topological polar surface area (TPSA) is 88.4 Å². The van der Waals surface area contributed by atoms with Crippen LogP contribution in [-0.2, 0) is 16.8 Å². The van der Waals surface area contributed by atoms with Crippen molar-refractivity contribution in [3.63, 3.8) is 0 Å². The molecule has 1 N–H and O–H groups in total. The Morgan fingerprint density at radius 3 is 2.86 bits per heavy atom. The van der Waals surface area contributed by atoms with Crippen molar-refractivity contribution in [3.8, 4) is 0 Å². The number of pyridine rings is 1. The molecular weight excluding hydrogens is 368 g/mol. The molecule has 8 nitrogen and oxygen atoms in total. The van der Waals surface area contributed by atoms with Crippen molar-refractivity contribution in [2.45, 2.75) is 24.9 Å². The van der Waals surface area contributed by atoms with E-state index in [0.717, 1.165) is 24.8 Å². The van der Waals surface area contributed by atoms with Crippen molar-refractivity contribution in [1.82, 2.24) is 29.9 Å². The number of H-pyrrole nitrogens is 1. The van der Waals surface area contributed by atoms with Crippen molar-refractivity contribution >= 4 is 22.5 Å².